The first-order chi connectivity index (χ1) is 15.4. The average Bonchev–Trinajstić information content (AvgIpc) is 3.32. The van der Waals surface area contributed by atoms with Gasteiger partial charge in [-0.2, -0.15) is 0 Å². The molecule has 3 aromatic carbocycles. The molecule has 1 unspecified atom stereocenters. The number of amides is 2. The SMILES string of the molecule is Cc1ccc(CN2C(=O)C3(SCCN3C(=O)c3ccccc3F)c3cc(F)ccc32)cc1. The number of halogens is 2. The van der Waals surface area contributed by atoms with Gasteiger partial charge < -0.3 is 9.80 Å². The molecular weight excluding hydrogens is 430 g/mol. The predicted octanol–water partition coefficient (Wildman–Crippen LogP) is 4.86. The lowest BCUT2D eigenvalue weighted by Crippen LogP contribution is -2.50. The largest absolute Gasteiger partial charge is 0.311 e. The van der Waals surface area contributed by atoms with Gasteiger partial charge >= 0.3 is 0 Å². The fraction of sp³-hybridized carbons (Fsp3) is 0.200. The molecule has 0 aliphatic carbocycles. The maximum absolute atomic E-state index is 14.4. The lowest BCUT2D eigenvalue weighted by atomic mass is 10.0. The monoisotopic (exact) mass is 450 g/mol. The lowest BCUT2D eigenvalue weighted by molar-refractivity contribution is -0.123. The minimum atomic E-state index is -1.42. The Bertz CT molecular complexity index is 1230. The van der Waals surface area contributed by atoms with Crippen molar-refractivity contribution in [1.82, 2.24) is 4.90 Å². The van der Waals surface area contributed by atoms with Gasteiger partial charge in [-0.1, -0.05) is 42.0 Å². The number of benzene rings is 3. The molecule has 0 N–H and O–H groups in total. The molecular formula is C25H20F2N2O2S. The third-order valence-corrected chi connectivity index (χ3v) is 7.39. The van der Waals surface area contributed by atoms with Crippen LogP contribution in [0.3, 0.4) is 0 Å². The Hall–Kier alpha value is -3.19. The van der Waals surface area contributed by atoms with Gasteiger partial charge in [0.2, 0.25) is 0 Å². The van der Waals surface area contributed by atoms with Crippen molar-refractivity contribution in [2.45, 2.75) is 18.3 Å². The Morgan fingerprint density at radius 1 is 1.06 bits per heavy atom. The van der Waals surface area contributed by atoms with Crippen molar-refractivity contribution >= 4 is 29.3 Å². The summed E-state index contributed by atoms with van der Waals surface area (Å²) in [6.45, 7) is 2.54. The summed E-state index contributed by atoms with van der Waals surface area (Å²) in [6.07, 6.45) is 0. The van der Waals surface area contributed by atoms with Gasteiger partial charge in [-0.25, -0.2) is 8.78 Å². The molecule has 0 aromatic heterocycles. The first-order valence-corrected chi connectivity index (χ1v) is 11.3. The van der Waals surface area contributed by atoms with Crippen molar-refractivity contribution in [1.29, 1.82) is 0 Å². The Kier molecular flexibility index (Phi) is 5.01. The molecule has 0 saturated carbocycles. The lowest BCUT2D eigenvalue weighted by Gasteiger charge is -2.33. The van der Waals surface area contributed by atoms with E-state index in [0.29, 0.717) is 23.5 Å². The number of thioether (sulfide) groups is 1. The fourth-order valence-electron chi connectivity index (χ4n) is 4.40. The van der Waals surface area contributed by atoms with E-state index in [-0.39, 0.29) is 18.0 Å². The zero-order valence-electron chi connectivity index (χ0n) is 17.3. The van der Waals surface area contributed by atoms with Gasteiger partial charge in [-0.05, 0) is 42.8 Å². The number of hydrogen-bond donors (Lipinski definition) is 0. The highest BCUT2D eigenvalue weighted by molar-refractivity contribution is 8.01. The molecule has 5 rings (SSSR count). The summed E-state index contributed by atoms with van der Waals surface area (Å²) in [7, 11) is 0. The highest BCUT2D eigenvalue weighted by Gasteiger charge is 2.59. The Morgan fingerprint density at radius 3 is 2.56 bits per heavy atom. The fourth-order valence-corrected chi connectivity index (χ4v) is 5.85. The Labute approximate surface area is 188 Å². The molecule has 4 nitrogen and oxygen atoms in total. The van der Waals surface area contributed by atoms with Crippen LogP contribution in [0.4, 0.5) is 14.5 Å². The first kappa shape index (κ1) is 20.7. The summed E-state index contributed by atoms with van der Waals surface area (Å²) >= 11 is 1.29. The number of aryl methyl sites for hydroxylation is 1. The summed E-state index contributed by atoms with van der Waals surface area (Å²) in [5, 5.41) is 0. The summed E-state index contributed by atoms with van der Waals surface area (Å²) in [5.41, 5.74) is 2.93. The number of nitrogens with zero attached hydrogens (tertiary/aromatic N) is 2. The maximum Gasteiger partial charge on any atom is 0.268 e. The smallest absolute Gasteiger partial charge is 0.268 e. The molecule has 2 aliphatic heterocycles. The molecule has 32 heavy (non-hydrogen) atoms. The van der Waals surface area contributed by atoms with Crippen LogP contribution in [0.15, 0.2) is 66.7 Å². The van der Waals surface area contributed by atoms with Gasteiger partial charge in [-0.3, -0.25) is 9.59 Å². The van der Waals surface area contributed by atoms with Crippen LogP contribution in [-0.2, 0) is 16.2 Å². The quantitative estimate of drug-likeness (QED) is 0.572. The number of anilines is 1. The molecule has 2 heterocycles. The molecule has 1 atom stereocenters. The van der Waals surface area contributed by atoms with Gasteiger partial charge in [0.25, 0.3) is 11.8 Å². The van der Waals surface area contributed by atoms with E-state index in [2.05, 4.69) is 0 Å². The van der Waals surface area contributed by atoms with Crippen molar-refractivity contribution in [3.8, 4) is 0 Å². The molecule has 0 radical (unpaired) electrons. The molecule has 7 heteroatoms. The molecule has 1 saturated heterocycles. The van der Waals surface area contributed by atoms with Crippen molar-refractivity contribution in [2.75, 3.05) is 17.2 Å². The van der Waals surface area contributed by atoms with Crippen molar-refractivity contribution < 1.29 is 18.4 Å². The van der Waals surface area contributed by atoms with Crippen LogP contribution in [0.2, 0.25) is 0 Å². The van der Waals surface area contributed by atoms with Crippen LogP contribution in [-0.4, -0.2) is 29.0 Å². The van der Waals surface area contributed by atoms with Gasteiger partial charge in [0.1, 0.15) is 11.6 Å². The molecule has 0 bridgehead atoms. The van der Waals surface area contributed by atoms with Crippen LogP contribution in [0.25, 0.3) is 0 Å². The van der Waals surface area contributed by atoms with E-state index in [1.165, 1.54) is 47.0 Å². The molecule has 1 fully saturated rings. The normalized spacial score (nSPS) is 19.7. The van der Waals surface area contributed by atoms with Gasteiger partial charge in [0.15, 0.2) is 4.87 Å². The van der Waals surface area contributed by atoms with Crippen molar-refractivity contribution in [2.24, 2.45) is 0 Å². The number of carbonyl (C=O) groups excluding carboxylic acids is 2. The standard InChI is InChI=1S/C25H20F2N2O2S/c1-16-6-8-17(9-7-16)15-28-22-11-10-18(26)14-20(22)25(24(28)31)29(12-13-32-25)23(30)19-4-2-3-5-21(19)27/h2-11,14H,12-13,15H2,1H3. The summed E-state index contributed by atoms with van der Waals surface area (Å²) in [4.78, 5) is 28.9. The molecule has 2 amide bonds. The summed E-state index contributed by atoms with van der Waals surface area (Å²) in [5.74, 6) is -1.54. The zero-order chi connectivity index (χ0) is 22.5. The predicted molar refractivity (Wildman–Crippen MR) is 120 cm³/mol. The van der Waals surface area contributed by atoms with Gasteiger partial charge in [-0.15, -0.1) is 11.8 Å². The van der Waals surface area contributed by atoms with E-state index >= 15 is 0 Å². The van der Waals surface area contributed by atoms with E-state index in [1.807, 2.05) is 31.2 Å². The number of hydrogen-bond acceptors (Lipinski definition) is 3. The van der Waals surface area contributed by atoms with Crippen LogP contribution in [0.5, 0.6) is 0 Å². The zero-order valence-corrected chi connectivity index (χ0v) is 18.2. The maximum atomic E-state index is 14.4. The number of rotatable bonds is 3. The van der Waals surface area contributed by atoms with Crippen molar-refractivity contribution in [3.05, 3.63) is 101 Å². The van der Waals surface area contributed by atoms with Gasteiger partial charge in [0.05, 0.1) is 17.8 Å². The second kappa shape index (κ2) is 7.74. The van der Waals surface area contributed by atoms with E-state index < -0.39 is 22.4 Å². The second-order valence-corrected chi connectivity index (χ2v) is 9.26. The Balaban J connectivity index is 1.60. The van der Waals surface area contributed by atoms with E-state index in [9.17, 15) is 18.4 Å². The third kappa shape index (κ3) is 3.11. The molecule has 3 aromatic rings. The molecule has 1 spiro atoms. The van der Waals surface area contributed by atoms with Crippen LogP contribution in [0.1, 0.15) is 27.0 Å². The van der Waals surface area contributed by atoms with Gasteiger partial charge in [0, 0.05) is 17.9 Å². The average molecular weight is 451 g/mol. The minimum Gasteiger partial charge on any atom is -0.311 e. The van der Waals surface area contributed by atoms with E-state index in [0.717, 1.165) is 11.1 Å². The Morgan fingerprint density at radius 2 is 1.81 bits per heavy atom. The summed E-state index contributed by atoms with van der Waals surface area (Å²) in [6, 6.07) is 17.8. The highest BCUT2D eigenvalue weighted by Crippen LogP contribution is 2.55. The van der Waals surface area contributed by atoms with Crippen LogP contribution >= 0.6 is 11.8 Å². The first-order valence-electron chi connectivity index (χ1n) is 10.3. The second-order valence-electron chi connectivity index (χ2n) is 7.97. The number of fused-ring (bicyclic) bond motifs is 2. The van der Waals surface area contributed by atoms with E-state index in [4.69, 9.17) is 0 Å². The van der Waals surface area contributed by atoms with E-state index in [1.54, 1.807) is 17.0 Å². The van der Waals surface area contributed by atoms with Crippen LogP contribution in [0, 0.1) is 18.6 Å². The minimum absolute atomic E-state index is 0.0999. The highest BCUT2D eigenvalue weighted by atomic mass is 32.2. The molecule has 162 valence electrons. The number of carbonyl (C=O) groups is 2. The topological polar surface area (TPSA) is 40.6 Å². The van der Waals surface area contributed by atoms with Crippen LogP contribution < -0.4 is 4.90 Å². The summed E-state index contributed by atoms with van der Waals surface area (Å²) < 4.78 is 28.7. The third-order valence-electron chi connectivity index (χ3n) is 5.97. The van der Waals surface area contributed by atoms with Crippen molar-refractivity contribution in [3.63, 3.8) is 0 Å². The molecule has 2 aliphatic rings.